The molecule has 1 aromatic rings. The van der Waals surface area contributed by atoms with Crippen molar-refractivity contribution < 1.29 is 4.79 Å². The Labute approximate surface area is 128 Å². The Morgan fingerprint density at radius 3 is 2.52 bits per heavy atom. The number of nitrogens with one attached hydrogen (secondary N) is 1. The molecule has 0 saturated carbocycles. The van der Waals surface area contributed by atoms with Crippen LogP contribution in [0.3, 0.4) is 0 Å². The molecule has 0 bridgehead atoms. The topological polar surface area (TPSA) is 35.6 Å². The van der Waals surface area contributed by atoms with E-state index in [0.717, 1.165) is 37.4 Å². The molecule has 1 N–H and O–H groups in total. The second-order valence-corrected chi connectivity index (χ2v) is 5.78. The zero-order valence-electron chi connectivity index (χ0n) is 13.3. The number of rotatable bonds is 5. The highest BCUT2D eigenvalue weighted by Gasteiger charge is 2.20. The third kappa shape index (κ3) is 4.74. The van der Waals surface area contributed by atoms with Crippen LogP contribution < -0.4 is 5.32 Å². The molecule has 0 spiro atoms. The summed E-state index contributed by atoms with van der Waals surface area (Å²) < 4.78 is 0. The predicted molar refractivity (Wildman–Crippen MR) is 87.7 cm³/mol. The van der Waals surface area contributed by atoms with Gasteiger partial charge in [-0.3, -0.25) is 4.90 Å². The Bertz CT molecular complexity index is 453. The number of benzene rings is 1. The molecule has 0 aromatic heterocycles. The molecule has 1 aliphatic heterocycles. The van der Waals surface area contributed by atoms with Crippen molar-refractivity contribution >= 4 is 11.7 Å². The number of piperazine rings is 1. The number of hydrogen-bond acceptors (Lipinski definition) is 2. The van der Waals surface area contributed by atoms with Crippen molar-refractivity contribution in [1.82, 2.24) is 9.80 Å². The maximum absolute atomic E-state index is 12.3. The first kappa shape index (κ1) is 15.8. The van der Waals surface area contributed by atoms with E-state index in [2.05, 4.69) is 17.1 Å². The zero-order valence-corrected chi connectivity index (χ0v) is 13.3. The number of urea groups is 1. The summed E-state index contributed by atoms with van der Waals surface area (Å²) in [6.45, 7) is 9.04. The number of carbonyl (C=O) groups excluding carboxylic acids is 1. The average Bonchev–Trinajstić information content (AvgIpc) is 2.50. The van der Waals surface area contributed by atoms with Gasteiger partial charge in [-0.05, 0) is 31.5 Å². The normalized spacial score (nSPS) is 16.0. The highest BCUT2D eigenvalue weighted by Crippen LogP contribution is 2.14. The minimum absolute atomic E-state index is 0.0255. The van der Waals surface area contributed by atoms with E-state index in [0.29, 0.717) is 0 Å². The van der Waals surface area contributed by atoms with Crippen LogP contribution in [-0.2, 0) is 0 Å². The van der Waals surface area contributed by atoms with Gasteiger partial charge in [-0.25, -0.2) is 4.79 Å². The van der Waals surface area contributed by atoms with Crippen LogP contribution in [0.25, 0.3) is 0 Å². The molecule has 116 valence electrons. The Morgan fingerprint density at radius 2 is 1.86 bits per heavy atom. The Morgan fingerprint density at radius 1 is 1.14 bits per heavy atom. The van der Waals surface area contributed by atoms with Gasteiger partial charge >= 0.3 is 6.03 Å². The molecule has 21 heavy (non-hydrogen) atoms. The molecular formula is C17H27N3O. The third-order valence-electron chi connectivity index (χ3n) is 4.12. The van der Waals surface area contributed by atoms with E-state index in [1.54, 1.807) is 0 Å². The molecule has 0 radical (unpaired) electrons. The fraction of sp³-hybridized carbons (Fsp3) is 0.588. The van der Waals surface area contributed by atoms with Gasteiger partial charge < -0.3 is 10.2 Å². The molecule has 1 saturated heterocycles. The molecule has 0 aliphatic carbocycles. The lowest BCUT2D eigenvalue weighted by molar-refractivity contribution is 0.146. The number of unbranched alkanes of at least 4 members (excludes halogenated alkanes) is 2. The highest BCUT2D eigenvalue weighted by atomic mass is 16.2. The molecule has 1 fully saturated rings. The number of para-hydroxylation sites is 1. The fourth-order valence-corrected chi connectivity index (χ4v) is 2.67. The summed E-state index contributed by atoms with van der Waals surface area (Å²) in [6, 6.07) is 7.93. The molecule has 1 heterocycles. The minimum atomic E-state index is 0.0255. The maximum atomic E-state index is 12.3. The SMILES string of the molecule is CCCCCN1CCN(C(=O)Nc2ccccc2C)CC1. The van der Waals surface area contributed by atoms with Crippen molar-refractivity contribution in [3.8, 4) is 0 Å². The summed E-state index contributed by atoms with van der Waals surface area (Å²) in [6.07, 6.45) is 3.83. The van der Waals surface area contributed by atoms with E-state index in [-0.39, 0.29) is 6.03 Å². The second kappa shape index (κ2) is 8.03. The van der Waals surface area contributed by atoms with Crippen LogP contribution in [0.2, 0.25) is 0 Å². The van der Waals surface area contributed by atoms with E-state index < -0.39 is 0 Å². The smallest absolute Gasteiger partial charge is 0.321 e. The first-order valence-electron chi connectivity index (χ1n) is 8.04. The van der Waals surface area contributed by atoms with E-state index in [4.69, 9.17) is 0 Å². The van der Waals surface area contributed by atoms with Crippen LogP contribution in [0.5, 0.6) is 0 Å². The summed E-state index contributed by atoms with van der Waals surface area (Å²) in [5, 5.41) is 3.02. The number of carbonyl (C=O) groups is 1. The van der Waals surface area contributed by atoms with Gasteiger partial charge in [0.25, 0.3) is 0 Å². The number of hydrogen-bond donors (Lipinski definition) is 1. The number of amides is 2. The first-order valence-corrected chi connectivity index (χ1v) is 8.04. The lowest BCUT2D eigenvalue weighted by Gasteiger charge is -2.34. The lowest BCUT2D eigenvalue weighted by Crippen LogP contribution is -2.50. The Hall–Kier alpha value is -1.55. The van der Waals surface area contributed by atoms with Gasteiger partial charge in [-0.1, -0.05) is 38.0 Å². The van der Waals surface area contributed by atoms with Crippen LogP contribution in [0.1, 0.15) is 31.7 Å². The van der Waals surface area contributed by atoms with Gasteiger partial charge in [-0.15, -0.1) is 0 Å². The van der Waals surface area contributed by atoms with Crippen LogP contribution in [0.15, 0.2) is 24.3 Å². The molecule has 0 unspecified atom stereocenters. The van der Waals surface area contributed by atoms with Gasteiger partial charge in [0.15, 0.2) is 0 Å². The quantitative estimate of drug-likeness (QED) is 0.844. The van der Waals surface area contributed by atoms with Crippen molar-refractivity contribution in [2.45, 2.75) is 33.1 Å². The molecule has 2 rings (SSSR count). The van der Waals surface area contributed by atoms with Crippen molar-refractivity contribution in [2.75, 3.05) is 38.0 Å². The van der Waals surface area contributed by atoms with E-state index >= 15 is 0 Å². The van der Waals surface area contributed by atoms with Crippen LogP contribution >= 0.6 is 0 Å². The molecule has 4 nitrogen and oxygen atoms in total. The lowest BCUT2D eigenvalue weighted by atomic mass is 10.2. The number of aryl methyl sites for hydroxylation is 1. The largest absolute Gasteiger partial charge is 0.322 e. The van der Waals surface area contributed by atoms with Crippen molar-refractivity contribution in [2.24, 2.45) is 0 Å². The first-order chi connectivity index (χ1) is 10.2. The summed E-state index contributed by atoms with van der Waals surface area (Å²) in [4.78, 5) is 16.7. The van der Waals surface area contributed by atoms with Crippen LogP contribution in [0, 0.1) is 6.92 Å². The van der Waals surface area contributed by atoms with Crippen molar-refractivity contribution in [3.63, 3.8) is 0 Å². The summed E-state index contributed by atoms with van der Waals surface area (Å²) >= 11 is 0. The van der Waals surface area contributed by atoms with Crippen LogP contribution in [0.4, 0.5) is 10.5 Å². The highest BCUT2D eigenvalue weighted by molar-refractivity contribution is 5.90. The number of anilines is 1. The average molecular weight is 289 g/mol. The maximum Gasteiger partial charge on any atom is 0.321 e. The molecule has 2 amide bonds. The van der Waals surface area contributed by atoms with Gasteiger partial charge in [-0.2, -0.15) is 0 Å². The molecule has 0 atom stereocenters. The molecule has 1 aliphatic rings. The standard InChI is InChI=1S/C17H27N3O/c1-3-4-7-10-19-11-13-20(14-12-19)17(21)18-16-9-6-5-8-15(16)2/h5-6,8-9H,3-4,7,10-14H2,1-2H3,(H,18,21). The van der Waals surface area contributed by atoms with Gasteiger partial charge in [0, 0.05) is 31.9 Å². The van der Waals surface area contributed by atoms with Gasteiger partial charge in [0.2, 0.25) is 0 Å². The minimum Gasteiger partial charge on any atom is -0.322 e. The van der Waals surface area contributed by atoms with Gasteiger partial charge in [0.1, 0.15) is 0 Å². The van der Waals surface area contributed by atoms with Crippen molar-refractivity contribution in [3.05, 3.63) is 29.8 Å². The van der Waals surface area contributed by atoms with Crippen molar-refractivity contribution in [1.29, 1.82) is 0 Å². The fourth-order valence-electron chi connectivity index (χ4n) is 2.67. The van der Waals surface area contributed by atoms with E-state index in [9.17, 15) is 4.79 Å². The summed E-state index contributed by atoms with van der Waals surface area (Å²) in [7, 11) is 0. The summed E-state index contributed by atoms with van der Waals surface area (Å²) in [5.74, 6) is 0. The Balaban J connectivity index is 1.77. The number of nitrogens with zero attached hydrogens (tertiary/aromatic N) is 2. The second-order valence-electron chi connectivity index (χ2n) is 5.78. The zero-order chi connectivity index (χ0) is 15.1. The molecular weight excluding hydrogens is 262 g/mol. The predicted octanol–water partition coefficient (Wildman–Crippen LogP) is 3.33. The monoisotopic (exact) mass is 289 g/mol. The Kier molecular flexibility index (Phi) is 6.05. The van der Waals surface area contributed by atoms with Crippen LogP contribution in [-0.4, -0.2) is 48.6 Å². The molecule has 4 heteroatoms. The molecule has 1 aromatic carbocycles. The van der Waals surface area contributed by atoms with E-state index in [1.165, 1.54) is 25.8 Å². The van der Waals surface area contributed by atoms with Gasteiger partial charge in [0.05, 0.1) is 0 Å². The third-order valence-corrected chi connectivity index (χ3v) is 4.12. The van der Waals surface area contributed by atoms with E-state index in [1.807, 2.05) is 36.1 Å². The summed E-state index contributed by atoms with van der Waals surface area (Å²) in [5.41, 5.74) is 2.01.